The van der Waals surface area contributed by atoms with Gasteiger partial charge >= 0.3 is 5.97 Å². The monoisotopic (exact) mass is 297 g/mol. The summed E-state index contributed by atoms with van der Waals surface area (Å²) in [5.41, 5.74) is 6.74. The minimum absolute atomic E-state index is 0.166. The van der Waals surface area contributed by atoms with Crippen LogP contribution in [-0.2, 0) is 9.59 Å². The van der Waals surface area contributed by atoms with Gasteiger partial charge in [-0.2, -0.15) is 0 Å². The molecule has 0 aromatic carbocycles. The summed E-state index contributed by atoms with van der Waals surface area (Å²) >= 11 is 1.57. The number of β-lactam (4-membered cyclic amide) rings is 1. The highest BCUT2D eigenvalue weighted by Crippen LogP contribution is 2.39. The van der Waals surface area contributed by atoms with Gasteiger partial charge in [-0.3, -0.25) is 14.6 Å². The Morgan fingerprint density at radius 3 is 2.90 bits per heavy atom. The standard InChI is InChI=1S/C13H19N3O3S/c1-7-3-2-4-15(7)5-8-6-20-12-9(14)11(17)16(12)10(8)13(18)19/h7,9,12H,2-6,14H2,1H3,(H,18,19)/t7?,9-,12-/m1/s1. The van der Waals surface area contributed by atoms with Crippen molar-refractivity contribution in [2.75, 3.05) is 18.8 Å². The third kappa shape index (κ3) is 2.04. The summed E-state index contributed by atoms with van der Waals surface area (Å²) in [6.07, 6.45) is 2.30. The second-order valence-corrected chi connectivity index (χ2v) is 6.76. The zero-order valence-corrected chi connectivity index (χ0v) is 12.2. The van der Waals surface area contributed by atoms with Crippen molar-refractivity contribution in [3.63, 3.8) is 0 Å². The van der Waals surface area contributed by atoms with Gasteiger partial charge in [0.2, 0.25) is 5.91 Å². The SMILES string of the molecule is CC1CCCN1CC1=C(C(=O)O)N2C(=O)[C@@H](N)[C@H]2SC1. The maximum atomic E-state index is 11.8. The second kappa shape index (κ2) is 5.05. The molecular formula is C13H19N3O3S. The molecule has 0 aromatic rings. The molecule has 7 heteroatoms. The van der Waals surface area contributed by atoms with Crippen molar-refractivity contribution in [2.45, 2.75) is 37.2 Å². The summed E-state index contributed by atoms with van der Waals surface area (Å²) in [5.74, 6) is -0.642. The van der Waals surface area contributed by atoms with E-state index in [-0.39, 0.29) is 17.0 Å². The molecule has 3 heterocycles. The minimum atomic E-state index is -1.02. The Bertz CT molecular complexity index is 493. The number of fused-ring (bicyclic) bond motifs is 1. The van der Waals surface area contributed by atoms with Gasteiger partial charge in [-0.25, -0.2) is 4.79 Å². The first-order valence-electron chi connectivity index (χ1n) is 6.90. The lowest BCUT2D eigenvalue weighted by molar-refractivity contribution is -0.148. The molecule has 20 heavy (non-hydrogen) atoms. The van der Waals surface area contributed by atoms with Crippen molar-refractivity contribution < 1.29 is 14.7 Å². The average Bonchev–Trinajstić information content (AvgIpc) is 2.82. The lowest BCUT2D eigenvalue weighted by Crippen LogP contribution is -2.68. The summed E-state index contributed by atoms with van der Waals surface area (Å²) in [7, 11) is 0. The van der Waals surface area contributed by atoms with Crippen LogP contribution in [0.5, 0.6) is 0 Å². The molecule has 1 unspecified atom stereocenters. The number of thioether (sulfide) groups is 1. The number of carboxylic acid groups (broad SMARTS) is 1. The highest BCUT2D eigenvalue weighted by Gasteiger charge is 2.51. The molecule has 3 aliphatic rings. The maximum Gasteiger partial charge on any atom is 0.352 e. The molecule has 1 amide bonds. The summed E-state index contributed by atoms with van der Waals surface area (Å²) < 4.78 is 0. The van der Waals surface area contributed by atoms with Crippen molar-refractivity contribution in [3.8, 4) is 0 Å². The molecule has 3 rings (SSSR count). The summed E-state index contributed by atoms with van der Waals surface area (Å²) in [5, 5.41) is 9.25. The highest BCUT2D eigenvalue weighted by molar-refractivity contribution is 8.00. The number of likely N-dealkylation sites (tertiary alicyclic amines) is 1. The van der Waals surface area contributed by atoms with Gasteiger partial charge in [0.1, 0.15) is 17.1 Å². The van der Waals surface area contributed by atoms with Gasteiger partial charge in [0.15, 0.2) is 0 Å². The van der Waals surface area contributed by atoms with E-state index in [1.54, 1.807) is 11.8 Å². The number of amides is 1. The third-order valence-corrected chi connectivity index (χ3v) is 5.74. The number of nitrogens with two attached hydrogens (primary N) is 1. The summed E-state index contributed by atoms with van der Waals surface area (Å²) in [4.78, 5) is 27.0. The Morgan fingerprint density at radius 1 is 1.55 bits per heavy atom. The topological polar surface area (TPSA) is 86.9 Å². The van der Waals surface area contributed by atoms with E-state index in [0.29, 0.717) is 18.3 Å². The van der Waals surface area contributed by atoms with Crippen LogP contribution in [0, 0.1) is 0 Å². The lowest BCUT2D eigenvalue weighted by atomic mass is 10.0. The molecule has 2 fully saturated rings. The van der Waals surface area contributed by atoms with Gasteiger partial charge in [0.05, 0.1) is 0 Å². The smallest absolute Gasteiger partial charge is 0.352 e. The van der Waals surface area contributed by atoms with E-state index >= 15 is 0 Å². The van der Waals surface area contributed by atoms with Gasteiger partial charge in [0.25, 0.3) is 0 Å². The zero-order valence-electron chi connectivity index (χ0n) is 11.4. The number of carbonyl (C=O) groups is 2. The van der Waals surface area contributed by atoms with Gasteiger partial charge < -0.3 is 10.8 Å². The highest BCUT2D eigenvalue weighted by atomic mass is 32.2. The van der Waals surface area contributed by atoms with E-state index in [1.807, 2.05) is 0 Å². The largest absolute Gasteiger partial charge is 0.477 e. The first-order chi connectivity index (χ1) is 9.50. The fourth-order valence-corrected chi connectivity index (χ4v) is 4.46. The van der Waals surface area contributed by atoms with Crippen LogP contribution in [0.2, 0.25) is 0 Å². The van der Waals surface area contributed by atoms with E-state index in [9.17, 15) is 14.7 Å². The molecule has 3 N–H and O–H groups in total. The van der Waals surface area contributed by atoms with Crippen LogP contribution >= 0.6 is 11.8 Å². The van der Waals surface area contributed by atoms with Crippen molar-refractivity contribution in [1.82, 2.24) is 9.80 Å². The van der Waals surface area contributed by atoms with Crippen LogP contribution in [0.3, 0.4) is 0 Å². The Hall–Kier alpha value is -1.05. The molecule has 2 saturated heterocycles. The van der Waals surface area contributed by atoms with Crippen molar-refractivity contribution >= 4 is 23.6 Å². The molecule has 110 valence electrons. The van der Waals surface area contributed by atoms with Gasteiger partial charge in [-0.05, 0) is 31.9 Å². The van der Waals surface area contributed by atoms with E-state index in [1.165, 1.54) is 4.90 Å². The van der Waals surface area contributed by atoms with Crippen LogP contribution in [-0.4, -0.2) is 63.1 Å². The van der Waals surface area contributed by atoms with E-state index < -0.39 is 12.0 Å². The number of hydrogen-bond acceptors (Lipinski definition) is 5. The summed E-state index contributed by atoms with van der Waals surface area (Å²) in [6.45, 7) is 3.80. The minimum Gasteiger partial charge on any atom is -0.477 e. The van der Waals surface area contributed by atoms with Crippen LogP contribution in [0.25, 0.3) is 0 Å². The molecule has 3 atom stereocenters. The van der Waals surface area contributed by atoms with Crippen molar-refractivity contribution in [2.24, 2.45) is 5.73 Å². The second-order valence-electron chi connectivity index (χ2n) is 5.65. The fraction of sp³-hybridized carbons (Fsp3) is 0.692. The molecule has 0 saturated carbocycles. The first-order valence-corrected chi connectivity index (χ1v) is 7.95. The molecule has 3 aliphatic heterocycles. The number of nitrogens with zero attached hydrogens (tertiary/aromatic N) is 2. The predicted molar refractivity (Wildman–Crippen MR) is 76.0 cm³/mol. The summed E-state index contributed by atoms with van der Waals surface area (Å²) in [6, 6.07) is -0.0729. The Kier molecular flexibility index (Phi) is 3.51. The van der Waals surface area contributed by atoms with Crippen LogP contribution in [0.1, 0.15) is 19.8 Å². The number of rotatable bonds is 3. The quantitative estimate of drug-likeness (QED) is 0.716. The number of carboxylic acids is 1. The molecule has 0 aromatic heterocycles. The lowest BCUT2D eigenvalue weighted by Gasteiger charge is -2.48. The number of hydrogen-bond donors (Lipinski definition) is 2. The van der Waals surface area contributed by atoms with Crippen molar-refractivity contribution in [3.05, 3.63) is 11.3 Å². The molecular weight excluding hydrogens is 278 g/mol. The van der Waals surface area contributed by atoms with Gasteiger partial charge in [-0.15, -0.1) is 11.8 Å². The van der Waals surface area contributed by atoms with Crippen LogP contribution in [0.15, 0.2) is 11.3 Å². The van der Waals surface area contributed by atoms with E-state index in [0.717, 1.165) is 25.0 Å². The normalized spacial score (nSPS) is 34.2. The van der Waals surface area contributed by atoms with Crippen LogP contribution < -0.4 is 5.73 Å². The molecule has 0 aliphatic carbocycles. The first kappa shape index (κ1) is 13.9. The van der Waals surface area contributed by atoms with Crippen molar-refractivity contribution in [1.29, 1.82) is 0 Å². The van der Waals surface area contributed by atoms with Gasteiger partial charge in [-0.1, -0.05) is 0 Å². The molecule has 0 spiro atoms. The Balaban J connectivity index is 1.86. The molecule has 0 bridgehead atoms. The van der Waals surface area contributed by atoms with E-state index in [4.69, 9.17) is 5.73 Å². The van der Waals surface area contributed by atoms with Crippen LogP contribution in [0.4, 0.5) is 0 Å². The fourth-order valence-electron chi connectivity index (χ4n) is 3.17. The average molecular weight is 297 g/mol. The zero-order chi connectivity index (χ0) is 14.4. The number of aliphatic carboxylic acids is 1. The number of carbonyl (C=O) groups excluding carboxylic acids is 1. The Morgan fingerprint density at radius 2 is 2.30 bits per heavy atom. The predicted octanol–water partition coefficient (Wildman–Crippen LogP) is 0.0518. The maximum absolute atomic E-state index is 11.8. The Labute approximate surface area is 122 Å². The van der Waals surface area contributed by atoms with E-state index in [2.05, 4.69) is 11.8 Å². The third-order valence-electron chi connectivity index (χ3n) is 4.38. The molecule has 6 nitrogen and oxygen atoms in total. The van der Waals surface area contributed by atoms with Gasteiger partial charge in [0, 0.05) is 18.3 Å². The molecule has 0 radical (unpaired) electrons.